The van der Waals surface area contributed by atoms with Crippen molar-refractivity contribution < 1.29 is 9.47 Å². The number of para-hydroxylation sites is 1. The van der Waals surface area contributed by atoms with Crippen molar-refractivity contribution in [2.75, 3.05) is 0 Å². The van der Waals surface area contributed by atoms with Gasteiger partial charge in [-0.2, -0.15) is 0 Å². The molecule has 0 N–H and O–H groups in total. The average molecular weight is 238 g/mol. The molecule has 0 saturated carbocycles. The standard InChI is InChI=1S/C16H14O2/c1-3-17-14-11-9-13(10-12-14)15-7-5-6-8-16(15)18-4-2/h3-12H,1-2H2. The van der Waals surface area contributed by atoms with Crippen LogP contribution in [0.25, 0.3) is 11.1 Å². The number of ether oxygens (including phenoxy) is 2. The highest BCUT2D eigenvalue weighted by atomic mass is 16.5. The van der Waals surface area contributed by atoms with Crippen LogP contribution in [0.3, 0.4) is 0 Å². The molecule has 0 amide bonds. The molecule has 0 atom stereocenters. The van der Waals surface area contributed by atoms with Gasteiger partial charge in [-0.15, -0.1) is 0 Å². The first-order valence-corrected chi connectivity index (χ1v) is 5.59. The van der Waals surface area contributed by atoms with Gasteiger partial charge < -0.3 is 9.47 Å². The van der Waals surface area contributed by atoms with Gasteiger partial charge in [-0.05, 0) is 23.8 Å². The summed E-state index contributed by atoms with van der Waals surface area (Å²) in [7, 11) is 0. The van der Waals surface area contributed by atoms with E-state index >= 15 is 0 Å². The fourth-order valence-electron chi connectivity index (χ4n) is 1.71. The third-order valence-electron chi connectivity index (χ3n) is 2.48. The fraction of sp³-hybridized carbons (Fsp3) is 0. The van der Waals surface area contributed by atoms with Gasteiger partial charge in [0.1, 0.15) is 11.5 Å². The van der Waals surface area contributed by atoms with Crippen molar-refractivity contribution in [1.82, 2.24) is 0 Å². The molecule has 90 valence electrons. The van der Waals surface area contributed by atoms with Crippen LogP contribution in [0.15, 0.2) is 74.2 Å². The maximum absolute atomic E-state index is 5.39. The van der Waals surface area contributed by atoms with E-state index in [1.165, 1.54) is 12.5 Å². The van der Waals surface area contributed by atoms with Gasteiger partial charge >= 0.3 is 0 Å². The summed E-state index contributed by atoms with van der Waals surface area (Å²) in [5.74, 6) is 1.54. The number of hydrogen-bond donors (Lipinski definition) is 0. The van der Waals surface area contributed by atoms with Gasteiger partial charge in [-0.3, -0.25) is 0 Å². The molecule has 0 heterocycles. The Morgan fingerprint density at radius 2 is 1.44 bits per heavy atom. The highest BCUT2D eigenvalue weighted by molar-refractivity contribution is 5.70. The van der Waals surface area contributed by atoms with E-state index in [9.17, 15) is 0 Å². The molecule has 0 saturated heterocycles. The Morgan fingerprint density at radius 3 is 2.11 bits per heavy atom. The molecule has 2 heteroatoms. The minimum Gasteiger partial charge on any atom is -0.466 e. The molecule has 0 aliphatic rings. The molecule has 0 aromatic heterocycles. The molecule has 0 spiro atoms. The summed E-state index contributed by atoms with van der Waals surface area (Å²) in [6, 6.07) is 15.5. The van der Waals surface area contributed by atoms with Crippen LogP contribution in [0.2, 0.25) is 0 Å². The minimum absolute atomic E-state index is 0.760. The molecule has 0 radical (unpaired) electrons. The summed E-state index contributed by atoms with van der Waals surface area (Å²) in [5, 5.41) is 0. The van der Waals surface area contributed by atoms with Crippen molar-refractivity contribution in [1.29, 1.82) is 0 Å². The minimum atomic E-state index is 0.760. The van der Waals surface area contributed by atoms with Crippen molar-refractivity contribution in [2.24, 2.45) is 0 Å². The molecule has 2 aromatic carbocycles. The Hall–Kier alpha value is -2.48. The number of benzene rings is 2. The molecule has 2 aromatic rings. The lowest BCUT2D eigenvalue weighted by atomic mass is 10.0. The van der Waals surface area contributed by atoms with E-state index in [0.717, 1.165) is 22.6 Å². The van der Waals surface area contributed by atoms with Gasteiger partial charge in [0.25, 0.3) is 0 Å². The van der Waals surface area contributed by atoms with Crippen LogP contribution in [0.5, 0.6) is 11.5 Å². The normalized spacial score (nSPS) is 9.56. The van der Waals surface area contributed by atoms with Crippen LogP contribution in [0.1, 0.15) is 0 Å². The average Bonchev–Trinajstić information content (AvgIpc) is 2.41. The van der Waals surface area contributed by atoms with Crippen molar-refractivity contribution in [3.63, 3.8) is 0 Å². The highest BCUT2D eigenvalue weighted by Gasteiger charge is 2.04. The fourth-order valence-corrected chi connectivity index (χ4v) is 1.71. The van der Waals surface area contributed by atoms with Gasteiger partial charge in [0, 0.05) is 5.56 Å². The summed E-state index contributed by atoms with van der Waals surface area (Å²) >= 11 is 0. The van der Waals surface area contributed by atoms with Gasteiger partial charge in [-0.25, -0.2) is 0 Å². The van der Waals surface area contributed by atoms with E-state index in [4.69, 9.17) is 9.47 Å². The summed E-state index contributed by atoms with van der Waals surface area (Å²) in [6.07, 6.45) is 2.83. The summed E-state index contributed by atoms with van der Waals surface area (Å²) in [4.78, 5) is 0. The lowest BCUT2D eigenvalue weighted by Crippen LogP contribution is -1.86. The lowest BCUT2D eigenvalue weighted by molar-refractivity contribution is 0.482. The number of rotatable bonds is 5. The zero-order chi connectivity index (χ0) is 12.8. The Kier molecular flexibility index (Phi) is 3.82. The smallest absolute Gasteiger partial charge is 0.134 e. The highest BCUT2D eigenvalue weighted by Crippen LogP contribution is 2.31. The predicted molar refractivity (Wildman–Crippen MR) is 73.5 cm³/mol. The molecule has 0 aliphatic carbocycles. The summed E-state index contributed by atoms with van der Waals surface area (Å²) < 4.78 is 10.6. The van der Waals surface area contributed by atoms with Crippen molar-refractivity contribution in [3.05, 3.63) is 74.2 Å². The SMILES string of the molecule is C=COc1ccc(-c2ccccc2OC=C)cc1. The molecule has 0 aliphatic heterocycles. The summed E-state index contributed by atoms with van der Waals surface area (Å²) in [5.41, 5.74) is 2.08. The molecule has 2 rings (SSSR count). The van der Waals surface area contributed by atoms with Gasteiger partial charge in [-0.1, -0.05) is 43.5 Å². The maximum atomic E-state index is 5.39. The van der Waals surface area contributed by atoms with E-state index in [1.807, 2.05) is 48.5 Å². The Labute approximate surface area is 107 Å². The van der Waals surface area contributed by atoms with E-state index in [1.54, 1.807) is 0 Å². The molecule has 0 unspecified atom stereocenters. The lowest BCUT2D eigenvalue weighted by Gasteiger charge is -2.08. The second kappa shape index (κ2) is 5.73. The monoisotopic (exact) mass is 238 g/mol. The molecule has 0 bridgehead atoms. The predicted octanol–water partition coefficient (Wildman–Crippen LogP) is 4.40. The zero-order valence-electron chi connectivity index (χ0n) is 10.0. The molecular weight excluding hydrogens is 224 g/mol. The van der Waals surface area contributed by atoms with Crippen LogP contribution >= 0.6 is 0 Å². The van der Waals surface area contributed by atoms with Crippen LogP contribution in [0, 0.1) is 0 Å². The van der Waals surface area contributed by atoms with Crippen LogP contribution < -0.4 is 9.47 Å². The van der Waals surface area contributed by atoms with Gasteiger partial charge in [0.2, 0.25) is 0 Å². The van der Waals surface area contributed by atoms with Crippen molar-refractivity contribution in [2.45, 2.75) is 0 Å². The Balaban J connectivity index is 2.35. The second-order valence-corrected chi connectivity index (χ2v) is 3.59. The van der Waals surface area contributed by atoms with Crippen molar-refractivity contribution >= 4 is 0 Å². The Bertz CT molecular complexity index is 541. The quantitative estimate of drug-likeness (QED) is 0.719. The van der Waals surface area contributed by atoms with Crippen molar-refractivity contribution in [3.8, 4) is 22.6 Å². The van der Waals surface area contributed by atoms with Crippen LogP contribution in [-0.2, 0) is 0 Å². The molecular formula is C16H14O2. The summed E-state index contributed by atoms with van der Waals surface area (Å²) in [6.45, 7) is 7.10. The first-order valence-electron chi connectivity index (χ1n) is 5.59. The number of hydrogen-bond acceptors (Lipinski definition) is 2. The first-order chi connectivity index (χ1) is 8.85. The largest absolute Gasteiger partial charge is 0.466 e. The molecule has 18 heavy (non-hydrogen) atoms. The zero-order valence-corrected chi connectivity index (χ0v) is 10.0. The van der Waals surface area contributed by atoms with Crippen LogP contribution in [-0.4, -0.2) is 0 Å². The van der Waals surface area contributed by atoms with Crippen LogP contribution in [0.4, 0.5) is 0 Å². The molecule has 2 nitrogen and oxygen atoms in total. The Morgan fingerprint density at radius 1 is 0.778 bits per heavy atom. The maximum Gasteiger partial charge on any atom is 0.134 e. The van der Waals surface area contributed by atoms with Gasteiger partial charge in [0.05, 0.1) is 12.5 Å². The van der Waals surface area contributed by atoms with E-state index < -0.39 is 0 Å². The molecule has 0 fully saturated rings. The topological polar surface area (TPSA) is 18.5 Å². The second-order valence-electron chi connectivity index (χ2n) is 3.59. The van der Waals surface area contributed by atoms with E-state index in [-0.39, 0.29) is 0 Å². The third-order valence-corrected chi connectivity index (χ3v) is 2.48. The third kappa shape index (κ3) is 2.61. The van der Waals surface area contributed by atoms with Gasteiger partial charge in [0.15, 0.2) is 0 Å². The van der Waals surface area contributed by atoms with E-state index in [0.29, 0.717) is 0 Å². The van der Waals surface area contributed by atoms with E-state index in [2.05, 4.69) is 13.2 Å². The first kappa shape index (κ1) is 12.0.